The molecule has 2 aromatic carbocycles. The minimum absolute atomic E-state index is 0.162. The highest BCUT2D eigenvalue weighted by molar-refractivity contribution is 6.03. The number of carbonyl (C=O) groups excluding carboxylic acids is 1. The van der Waals surface area contributed by atoms with Crippen LogP contribution in [0.25, 0.3) is 38.9 Å². The van der Waals surface area contributed by atoms with E-state index in [2.05, 4.69) is 20.4 Å². The van der Waals surface area contributed by atoms with Gasteiger partial charge in [0, 0.05) is 23.3 Å². The van der Waals surface area contributed by atoms with Crippen molar-refractivity contribution in [2.45, 2.75) is 0 Å². The monoisotopic (exact) mass is 369 g/mol. The normalized spacial score (nSPS) is 11.2. The van der Waals surface area contributed by atoms with Crippen LogP contribution in [0.1, 0.15) is 10.6 Å². The van der Waals surface area contributed by atoms with Crippen molar-refractivity contribution in [1.82, 2.24) is 30.2 Å². The minimum atomic E-state index is -0.473. The van der Waals surface area contributed by atoms with Crippen molar-refractivity contribution in [3.8, 4) is 16.9 Å². The summed E-state index contributed by atoms with van der Waals surface area (Å²) < 4.78 is 1.88. The summed E-state index contributed by atoms with van der Waals surface area (Å²) in [6, 6.07) is 17.6. The highest BCUT2D eigenvalue weighted by Gasteiger charge is 2.17. The second-order valence-electron chi connectivity index (χ2n) is 6.28. The van der Waals surface area contributed by atoms with Gasteiger partial charge in [0.25, 0.3) is 0 Å². The number of para-hydroxylation sites is 1. The molecule has 0 saturated heterocycles. The van der Waals surface area contributed by atoms with Gasteiger partial charge in [-0.2, -0.15) is 5.10 Å². The number of aromatic amines is 1. The van der Waals surface area contributed by atoms with E-state index in [9.17, 15) is 4.79 Å². The molecule has 0 bridgehead atoms. The van der Waals surface area contributed by atoms with Crippen LogP contribution >= 0.6 is 0 Å². The van der Waals surface area contributed by atoms with Crippen LogP contribution in [0.3, 0.4) is 0 Å². The molecule has 0 saturated carbocycles. The molecule has 5 rings (SSSR count). The summed E-state index contributed by atoms with van der Waals surface area (Å²) in [6.45, 7) is 0. The molecular formula is C20H15N7O. The average molecular weight is 369 g/mol. The summed E-state index contributed by atoms with van der Waals surface area (Å²) in [5.74, 6) is 4.92. The maximum absolute atomic E-state index is 11.8. The average Bonchev–Trinajstić information content (AvgIpc) is 3.34. The number of carbonyl (C=O) groups is 1. The third kappa shape index (κ3) is 2.51. The van der Waals surface area contributed by atoms with Crippen LogP contribution < -0.4 is 11.3 Å². The first kappa shape index (κ1) is 16.2. The molecule has 0 atom stereocenters. The van der Waals surface area contributed by atoms with Crippen LogP contribution in [-0.2, 0) is 0 Å². The second kappa shape index (κ2) is 6.29. The van der Waals surface area contributed by atoms with Crippen molar-refractivity contribution in [3.05, 3.63) is 72.8 Å². The highest BCUT2D eigenvalue weighted by Crippen LogP contribution is 2.32. The quantitative estimate of drug-likeness (QED) is 0.257. The first-order valence-electron chi connectivity index (χ1n) is 8.64. The second-order valence-corrected chi connectivity index (χ2v) is 6.28. The van der Waals surface area contributed by atoms with E-state index in [1.165, 1.54) is 0 Å². The van der Waals surface area contributed by atoms with Gasteiger partial charge in [-0.15, -0.1) is 0 Å². The third-order valence-corrected chi connectivity index (χ3v) is 4.58. The molecule has 0 fully saturated rings. The predicted molar refractivity (Wildman–Crippen MR) is 106 cm³/mol. The van der Waals surface area contributed by atoms with Gasteiger partial charge in [0.1, 0.15) is 5.69 Å². The first-order valence-corrected chi connectivity index (χ1v) is 8.64. The minimum Gasteiger partial charge on any atom is -0.334 e. The fourth-order valence-electron chi connectivity index (χ4n) is 3.28. The van der Waals surface area contributed by atoms with Crippen LogP contribution in [0.5, 0.6) is 0 Å². The molecule has 28 heavy (non-hydrogen) atoms. The van der Waals surface area contributed by atoms with Crippen molar-refractivity contribution < 1.29 is 4.79 Å². The molecule has 0 unspecified atom stereocenters. The number of amides is 1. The van der Waals surface area contributed by atoms with Crippen LogP contribution in [0.4, 0.5) is 0 Å². The topological polar surface area (TPSA) is 115 Å². The summed E-state index contributed by atoms with van der Waals surface area (Å²) >= 11 is 0. The van der Waals surface area contributed by atoms with E-state index in [1.54, 1.807) is 12.4 Å². The Morgan fingerprint density at radius 1 is 1.07 bits per heavy atom. The summed E-state index contributed by atoms with van der Waals surface area (Å²) in [7, 11) is 0. The van der Waals surface area contributed by atoms with Crippen molar-refractivity contribution in [1.29, 1.82) is 0 Å². The number of fused-ring (bicyclic) bond motifs is 2. The van der Waals surface area contributed by atoms with E-state index < -0.39 is 5.91 Å². The van der Waals surface area contributed by atoms with Gasteiger partial charge in [0.05, 0.1) is 22.2 Å². The summed E-state index contributed by atoms with van der Waals surface area (Å²) in [5.41, 5.74) is 7.08. The number of pyridine rings is 1. The molecule has 136 valence electrons. The molecule has 4 N–H and O–H groups in total. The number of H-pyrrole nitrogens is 1. The molecule has 8 heteroatoms. The number of aromatic nitrogens is 5. The number of hydrogen-bond acceptors (Lipinski definition) is 5. The van der Waals surface area contributed by atoms with E-state index in [1.807, 2.05) is 59.3 Å². The van der Waals surface area contributed by atoms with Gasteiger partial charge in [-0.25, -0.2) is 15.5 Å². The van der Waals surface area contributed by atoms with E-state index in [4.69, 9.17) is 10.9 Å². The number of nitrogens with two attached hydrogens (primary N) is 1. The number of imidazole rings is 1. The van der Waals surface area contributed by atoms with E-state index in [0.717, 1.165) is 33.4 Å². The van der Waals surface area contributed by atoms with Crippen molar-refractivity contribution >= 4 is 27.8 Å². The molecule has 5 aromatic rings. The standard InChI is InChI=1S/C20H15N7O/c21-25-20(28)19-23-15-10-14-17(11-16(15)24-19)27(13-4-2-1-3-5-13)26-18(14)12-6-8-22-9-7-12/h1-11H,21H2,(H,23,24)(H,25,28). The Hall–Kier alpha value is -4.04. The van der Waals surface area contributed by atoms with E-state index >= 15 is 0 Å². The number of rotatable bonds is 3. The maximum Gasteiger partial charge on any atom is 0.300 e. The number of hydrazine groups is 1. The molecule has 0 aliphatic carbocycles. The molecule has 0 spiro atoms. The smallest absolute Gasteiger partial charge is 0.300 e. The van der Waals surface area contributed by atoms with Crippen LogP contribution in [0.2, 0.25) is 0 Å². The Balaban J connectivity index is 1.83. The van der Waals surface area contributed by atoms with Gasteiger partial charge in [-0.1, -0.05) is 18.2 Å². The van der Waals surface area contributed by atoms with Gasteiger partial charge >= 0.3 is 5.91 Å². The SMILES string of the molecule is NNC(=O)c1nc2cc3c(-c4ccncc4)nn(-c4ccccc4)c3cc2[nH]1. The molecular weight excluding hydrogens is 354 g/mol. The zero-order chi connectivity index (χ0) is 19.1. The highest BCUT2D eigenvalue weighted by atomic mass is 16.2. The molecule has 0 radical (unpaired) electrons. The number of nitrogens with zero attached hydrogens (tertiary/aromatic N) is 4. The van der Waals surface area contributed by atoms with Crippen molar-refractivity contribution in [2.75, 3.05) is 0 Å². The lowest BCUT2D eigenvalue weighted by atomic mass is 10.1. The zero-order valence-corrected chi connectivity index (χ0v) is 14.6. The number of hydrogen-bond donors (Lipinski definition) is 3. The Kier molecular flexibility index (Phi) is 3.63. The Labute approximate surface area is 159 Å². The Bertz CT molecular complexity index is 1210. The summed E-state index contributed by atoms with van der Waals surface area (Å²) in [6.07, 6.45) is 3.47. The fourth-order valence-corrected chi connectivity index (χ4v) is 3.28. The first-order chi connectivity index (χ1) is 13.7. The summed E-state index contributed by atoms with van der Waals surface area (Å²) in [4.78, 5) is 23.3. The number of benzene rings is 2. The van der Waals surface area contributed by atoms with E-state index in [-0.39, 0.29) is 5.82 Å². The van der Waals surface area contributed by atoms with E-state index in [0.29, 0.717) is 5.52 Å². The largest absolute Gasteiger partial charge is 0.334 e. The Morgan fingerprint density at radius 3 is 2.61 bits per heavy atom. The molecule has 0 aliphatic heterocycles. The molecule has 3 heterocycles. The van der Waals surface area contributed by atoms with Gasteiger partial charge in [0.2, 0.25) is 0 Å². The predicted octanol–water partition coefficient (Wildman–Crippen LogP) is 2.57. The number of nitrogen functional groups attached to an aromatic ring is 1. The van der Waals surface area contributed by atoms with Crippen molar-refractivity contribution in [3.63, 3.8) is 0 Å². The number of nitrogens with one attached hydrogen (secondary N) is 2. The van der Waals surface area contributed by atoms with Gasteiger partial charge in [0.15, 0.2) is 5.82 Å². The molecule has 3 aromatic heterocycles. The Morgan fingerprint density at radius 2 is 1.86 bits per heavy atom. The third-order valence-electron chi connectivity index (χ3n) is 4.58. The lowest BCUT2D eigenvalue weighted by molar-refractivity contribution is 0.0944. The molecule has 1 amide bonds. The molecule has 8 nitrogen and oxygen atoms in total. The molecule has 0 aliphatic rings. The van der Waals surface area contributed by atoms with Crippen LogP contribution in [-0.4, -0.2) is 30.6 Å². The van der Waals surface area contributed by atoms with Gasteiger partial charge < -0.3 is 4.98 Å². The van der Waals surface area contributed by atoms with Crippen LogP contribution in [0, 0.1) is 0 Å². The van der Waals surface area contributed by atoms with Crippen molar-refractivity contribution in [2.24, 2.45) is 5.84 Å². The lowest BCUT2D eigenvalue weighted by Crippen LogP contribution is -2.30. The fraction of sp³-hybridized carbons (Fsp3) is 0. The summed E-state index contributed by atoms with van der Waals surface area (Å²) in [5, 5.41) is 5.78. The van der Waals surface area contributed by atoms with Crippen LogP contribution in [0.15, 0.2) is 67.0 Å². The maximum atomic E-state index is 11.8. The zero-order valence-electron chi connectivity index (χ0n) is 14.6. The van der Waals surface area contributed by atoms with Gasteiger partial charge in [-0.3, -0.25) is 15.2 Å². The van der Waals surface area contributed by atoms with Gasteiger partial charge in [-0.05, 0) is 36.4 Å². The lowest BCUT2D eigenvalue weighted by Gasteiger charge is -2.02.